The number of amides is 2. The maximum atomic E-state index is 12.6. The molecule has 0 unspecified atom stereocenters. The molecule has 2 aliphatic heterocycles. The summed E-state index contributed by atoms with van der Waals surface area (Å²) in [4.78, 5) is 51.8. The minimum Gasteiger partial charge on any atom is -0.394 e. The number of ether oxygens (including phenoxy) is 1. The number of aromatic nitrogens is 2. The van der Waals surface area contributed by atoms with Crippen molar-refractivity contribution < 1.29 is 24.5 Å². The Hall–Kier alpha value is -3.08. The van der Waals surface area contributed by atoms with Crippen LogP contribution in [0.2, 0.25) is 0 Å². The fraction of sp³-hybridized carbons (Fsp3) is 0.333. The first-order valence-electron chi connectivity index (χ1n) is 8.63. The molecule has 10 heteroatoms. The zero-order chi connectivity index (χ0) is 20.0. The quantitative estimate of drug-likeness (QED) is 0.554. The molecule has 0 radical (unpaired) electrons. The average Bonchev–Trinajstić information content (AvgIpc) is 3.12. The van der Waals surface area contributed by atoms with E-state index in [9.17, 15) is 29.4 Å². The predicted molar refractivity (Wildman–Crippen MR) is 93.6 cm³/mol. The zero-order valence-corrected chi connectivity index (χ0v) is 14.5. The summed E-state index contributed by atoms with van der Waals surface area (Å²) in [6.45, 7) is -0.741. The molecule has 2 aromatic rings. The van der Waals surface area contributed by atoms with Gasteiger partial charge in [-0.05, 0) is 12.1 Å². The number of aliphatic hydroxyl groups excluding tert-OH is 2. The first-order valence-corrected chi connectivity index (χ1v) is 8.63. The second kappa shape index (κ2) is 6.82. The lowest BCUT2D eigenvalue weighted by Gasteiger charge is -2.25. The Labute approximate surface area is 157 Å². The molecular formula is C18H17N3O7. The summed E-state index contributed by atoms with van der Waals surface area (Å²) in [6.07, 6.45) is -2.13. The molecular weight excluding hydrogens is 370 g/mol. The number of carbonyl (C=O) groups excluding carboxylic acids is 2. The van der Waals surface area contributed by atoms with Crippen LogP contribution in [0.1, 0.15) is 26.9 Å². The van der Waals surface area contributed by atoms with Crippen LogP contribution < -0.4 is 11.2 Å². The van der Waals surface area contributed by atoms with E-state index in [1.165, 1.54) is 18.3 Å². The summed E-state index contributed by atoms with van der Waals surface area (Å²) in [6, 6.07) is 7.48. The molecule has 10 nitrogen and oxygen atoms in total. The number of benzene rings is 1. The van der Waals surface area contributed by atoms with Crippen LogP contribution in [0.3, 0.4) is 0 Å². The molecule has 1 saturated heterocycles. The number of H-pyrrole nitrogens is 1. The van der Waals surface area contributed by atoms with Gasteiger partial charge in [0.25, 0.3) is 17.4 Å². The van der Waals surface area contributed by atoms with Gasteiger partial charge in [-0.15, -0.1) is 0 Å². The molecule has 1 fully saturated rings. The van der Waals surface area contributed by atoms with Gasteiger partial charge < -0.3 is 14.9 Å². The highest BCUT2D eigenvalue weighted by atomic mass is 16.5. The van der Waals surface area contributed by atoms with Gasteiger partial charge in [0.2, 0.25) is 0 Å². The Balaban J connectivity index is 1.68. The van der Waals surface area contributed by atoms with Crippen molar-refractivity contribution in [2.24, 2.45) is 5.92 Å². The summed E-state index contributed by atoms with van der Waals surface area (Å²) in [5.41, 5.74) is -0.846. The van der Waals surface area contributed by atoms with E-state index < -0.39 is 54.0 Å². The highest BCUT2D eigenvalue weighted by molar-refractivity contribution is 6.21. The lowest BCUT2D eigenvalue weighted by Crippen LogP contribution is -2.43. The number of aliphatic hydroxyl groups is 2. The fourth-order valence-corrected chi connectivity index (χ4v) is 3.67. The molecule has 2 aliphatic rings. The maximum Gasteiger partial charge on any atom is 0.330 e. The van der Waals surface area contributed by atoms with Crippen LogP contribution >= 0.6 is 0 Å². The minimum atomic E-state index is -1.24. The minimum absolute atomic E-state index is 0.222. The van der Waals surface area contributed by atoms with E-state index in [0.717, 1.165) is 15.5 Å². The SMILES string of the molecule is O=C1c2ccccc2C(=O)N1C[C@@H]1[C@H](O)[C@@H](CO)O[C@H]1n1ccc(=O)[nH]c1=O. The van der Waals surface area contributed by atoms with Crippen molar-refractivity contribution in [2.45, 2.75) is 18.4 Å². The van der Waals surface area contributed by atoms with Gasteiger partial charge in [0, 0.05) is 18.8 Å². The van der Waals surface area contributed by atoms with Crippen molar-refractivity contribution in [3.63, 3.8) is 0 Å². The number of carbonyl (C=O) groups is 2. The number of hydrogen-bond donors (Lipinski definition) is 3. The maximum absolute atomic E-state index is 12.6. The molecule has 4 rings (SSSR count). The second-order valence-corrected chi connectivity index (χ2v) is 6.69. The monoisotopic (exact) mass is 387 g/mol. The smallest absolute Gasteiger partial charge is 0.330 e. The lowest BCUT2D eigenvalue weighted by molar-refractivity contribution is -0.0485. The van der Waals surface area contributed by atoms with Crippen LogP contribution in [0.4, 0.5) is 0 Å². The number of aromatic amines is 1. The van der Waals surface area contributed by atoms with E-state index in [-0.39, 0.29) is 17.7 Å². The van der Waals surface area contributed by atoms with Crippen LogP contribution in [0.5, 0.6) is 0 Å². The molecule has 3 N–H and O–H groups in total. The van der Waals surface area contributed by atoms with Crippen molar-refractivity contribution in [2.75, 3.05) is 13.2 Å². The normalized spacial score (nSPS) is 26.7. The van der Waals surface area contributed by atoms with Gasteiger partial charge in [-0.2, -0.15) is 0 Å². The topological polar surface area (TPSA) is 142 Å². The van der Waals surface area contributed by atoms with E-state index in [2.05, 4.69) is 4.98 Å². The summed E-state index contributed by atoms with van der Waals surface area (Å²) < 4.78 is 6.65. The average molecular weight is 387 g/mol. The number of imide groups is 1. The van der Waals surface area contributed by atoms with Crippen molar-refractivity contribution in [3.8, 4) is 0 Å². The predicted octanol–water partition coefficient (Wildman–Crippen LogP) is -1.30. The van der Waals surface area contributed by atoms with Crippen molar-refractivity contribution in [3.05, 3.63) is 68.5 Å². The third-order valence-corrected chi connectivity index (χ3v) is 5.08. The van der Waals surface area contributed by atoms with Gasteiger partial charge in [-0.1, -0.05) is 12.1 Å². The third kappa shape index (κ3) is 2.78. The molecule has 4 atom stereocenters. The van der Waals surface area contributed by atoms with Gasteiger partial charge in [0.05, 0.1) is 29.8 Å². The summed E-state index contributed by atoms with van der Waals surface area (Å²) in [5.74, 6) is -1.90. The third-order valence-electron chi connectivity index (χ3n) is 5.08. The van der Waals surface area contributed by atoms with Gasteiger partial charge in [-0.25, -0.2) is 4.79 Å². The van der Waals surface area contributed by atoms with Crippen molar-refractivity contribution in [1.29, 1.82) is 0 Å². The van der Waals surface area contributed by atoms with Crippen LogP contribution in [0.25, 0.3) is 0 Å². The summed E-state index contributed by atoms with van der Waals surface area (Å²) in [7, 11) is 0. The molecule has 146 valence electrons. The molecule has 1 aromatic heterocycles. The van der Waals surface area contributed by atoms with Gasteiger partial charge >= 0.3 is 5.69 Å². The number of rotatable bonds is 4. The molecule has 1 aromatic carbocycles. The van der Waals surface area contributed by atoms with Crippen molar-refractivity contribution in [1.82, 2.24) is 14.5 Å². The zero-order valence-electron chi connectivity index (χ0n) is 14.5. The Morgan fingerprint density at radius 2 is 1.68 bits per heavy atom. The van der Waals surface area contributed by atoms with E-state index in [1.807, 2.05) is 0 Å². The van der Waals surface area contributed by atoms with Crippen LogP contribution in [-0.2, 0) is 4.74 Å². The molecule has 0 spiro atoms. The number of fused-ring (bicyclic) bond motifs is 1. The molecule has 0 aliphatic carbocycles. The highest BCUT2D eigenvalue weighted by Crippen LogP contribution is 2.36. The van der Waals surface area contributed by atoms with Gasteiger partial charge in [-0.3, -0.25) is 28.8 Å². The number of nitrogens with one attached hydrogen (secondary N) is 1. The second-order valence-electron chi connectivity index (χ2n) is 6.69. The van der Waals surface area contributed by atoms with Crippen LogP contribution in [0, 0.1) is 5.92 Å². The number of nitrogens with zero attached hydrogens (tertiary/aromatic N) is 2. The Morgan fingerprint density at radius 1 is 1.04 bits per heavy atom. The highest BCUT2D eigenvalue weighted by Gasteiger charge is 2.48. The molecule has 3 heterocycles. The lowest BCUT2D eigenvalue weighted by atomic mass is 9.99. The van der Waals surface area contributed by atoms with Crippen molar-refractivity contribution >= 4 is 11.8 Å². The summed E-state index contributed by atoms with van der Waals surface area (Å²) in [5, 5.41) is 20.0. The molecule has 28 heavy (non-hydrogen) atoms. The van der Waals surface area contributed by atoms with E-state index >= 15 is 0 Å². The Kier molecular flexibility index (Phi) is 4.46. The first kappa shape index (κ1) is 18.3. The molecule has 0 bridgehead atoms. The van der Waals surface area contributed by atoms with E-state index in [0.29, 0.717) is 0 Å². The number of hydrogen-bond acceptors (Lipinski definition) is 7. The van der Waals surface area contributed by atoms with Gasteiger partial charge in [0.15, 0.2) is 0 Å². The fourth-order valence-electron chi connectivity index (χ4n) is 3.67. The first-order chi connectivity index (χ1) is 13.4. The Morgan fingerprint density at radius 3 is 2.25 bits per heavy atom. The van der Waals surface area contributed by atoms with E-state index in [4.69, 9.17) is 4.74 Å². The van der Waals surface area contributed by atoms with Gasteiger partial charge in [0.1, 0.15) is 12.3 Å². The molecule has 2 amide bonds. The largest absolute Gasteiger partial charge is 0.394 e. The van der Waals surface area contributed by atoms with Crippen LogP contribution in [0.15, 0.2) is 46.1 Å². The summed E-state index contributed by atoms with van der Waals surface area (Å²) >= 11 is 0. The van der Waals surface area contributed by atoms with Crippen LogP contribution in [-0.4, -0.2) is 61.8 Å². The Bertz CT molecular complexity index is 1020. The standard InChI is InChI=1S/C18H17N3O7/c22-8-12-14(24)11(17(28-12)20-6-5-13(23)19-18(20)27)7-21-15(25)9-3-1-2-4-10(9)16(21)26/h1-6,11-12,14,17,22,24H,7-8H2,(H,19,23,27)/t11-,12-,14+,17-/m1/s1. The molecule has 0 saturated carbocycles. The van der Waals surface area contributed by atoms with E-state index in [1.54, 1.807) is 12.1 Å².